The van der Waals surface area contributed by atoms with E-state index in [4.69, 9.17) is 0 Å². The summed E-state index contributed by atoms with van der Waals surface area (Å²) < 4.78 is 32.5. The second-order valence-electron chi connectivity index (χ2n) is 7.45. The maximum absolute atomic E-state index is 11.5. The lowest BCUT2D eigenvalue weighted by Gasteiger charge is -2.17. The fourth-order valence-corrected chi connectivity index (χ4v) is 4.45. The van der Waals surface area contributed by atoms with Gasteiger partial charge in [-0.15, -0.1) is 0 Å². The quantitative estimate of drug-likeness (QED) is 0.288. The average Bonchev–Trinajstić information content (AvgIpc) is 2.62. The van der Waals surface area contributed by atoms with Crippen LogP contribution < -0.4 is 0 Å². The Bertz CT molecular complexity index is 665. The molecule has 0 aliphatic heterocycles. The molecule has 2 N–H and O–H groups in total. The number of phenolic OH excluding ortho intramolecular Hbond substituents is 1. The van der Waals surface area contributed by atoms with E-state index in [2.05, 4.69) is 6.92 Å². The van der Waals surface area contributed by atoms with Gasteiger partial charge in [0, 0.05) is 0 Å². The van der Waals surface area contributed by atoms with Crippen molar-refractivity contribution in [1.29, 1.82) is 0 Å². The van der Waals surface area contributed by atoms with Crippen molar-refractivity contribution in [3.05, 3.63) is 22.8 Å². The highest BCUT2D eigenvalue weighted by molar-refractivity contribution is 7.86. The third-order valence-electron chi connectivity index (χ3n) is 5.37. The van der Waals surface area contributed by atoms with E-state index >= 15 is 0 Å². The van der Waals surface area contributed by atoms with Crippen molar-refractivity contribution in [2.24, 2.45) is 0 Å². The molecule has 1 rings (SSSR count). The Balaban J connectivity index is 2.59. The molecule has 0 amide bonds. The summed E-state index contributed by atoms with van der Waals surface area (Å²) in [5.41, 5.74) is 2.63. The zero-order valence-electron chi connectivity index (χ0n) is 17.4. The number of aromatic hydroxyl groups is 1. The number of benzene rings is 1. The first-order valence-electron chi connectivity index (χ1n) is 10.7. The summed E-state index contributed by atoms with van der Waals surface area (Å²) in [4.78, 5) is -0.358. The van der Waals surface area contributed by atoms with Crippen molar-refractivity contribution >= 4 is 10.1 Å². The van der Waals surface area contributed by atoms with Crippen LogP contribution in [0.1, 0.15) is 102 Å². The van der Waals surface area contributed by atoms with E-state index in [1.807, 2.05) is 13.8 Å². The van der Waals surface area contributed by atoms with Gasteiger partial charge in [0.2, 0.25) is 0 Å². The molecular weight excluding hydrogens is 360 g/mol. The Labute approximate surface area is 166 Å². The molecule has 0 radical (unpaired) electrons. The van der Waals surface area contributed by atoms with Crippen LogP contribution in [0, 0.1) is 0 Å². The van der Waals surface area contributed by atoms with Crippen LogP contribution in [0.2, 0.25) is 0 Å². The molecule has 0 bridgehead atoms. The molecule has 0 unspecified atom stereocenters. The van der Waals surface area contributed by atoms with Gasteiger partial charge < -0.3 is 5.11 Å². The molecule has 0 aromatic heterocycles. The third kappa shape index (κ3) is 7.82. The second kappa shape index (κ2) is 12.4. The molecule has 1 aromatic carbocycles. The highest BCUT2D eigenvalue weighted by Crippen LogP contribution is 2.34. The summed E-state index contributed by atoms with van der Waals surface area (Å²) in [6.07, 6.45) is 14.8. The standard InChI is InChI=1S/C22H38O4S/c1-4-7-8-9-10-11-12-13-14-15-16-20-18(5-2)17-21(27(24,25)26)22(23)19(20)6-3/h17,23H,4-16H2,1-3H3,(H,24,25,26). The minimum Gasteiger partial charge on any atom is -0.506 e. The lowest BCUT2D eigenvalue weighted by molar-refractivity contribution is 0.436. The van der Waals surface area contributed by atoms with E-state index in [1.165, 1.54) is 57.4 Å². The van der Waals surface area contributed by atoms with Gasteiger partial charge in [-0.3, -0.25) is 4.55 Å². The highest BCUT2D eigenvalue weighted by Gasteiger charge is 2.22. The first-order valence-corrected chi connectivity index (χ1v) is 12.1. The predicted molar refractivity (Wildman–Crippen MR) is 112 cm³/mol. The van der Waals surface area contributed by atoms with Gasteiger partial charge in [-0.05, 0) is 48.4 Å². The number of hydrogen-bond donors (Lipinski definition) is 2. The summed E-state index contributed by atoms with van der Waals surface area (Å²) in [6.45, 7) is 6.12. The highest BCUT2D eigenvalue weighted by atomic mass is 32.2. The minimum absolute atomic E-state index is 0.278. The third-order valence-corrected chi connectivity index (χ3v) is 6.24. The molecule has 0 aliphatic rings. The van der Waals surface area contributed by atoms with Crippen LogP contribution >= 0.6 is 0 Å². The van der Waals surface area contributed by atoms with Gasteiger partial charge in [-0.25, -0.2) is 0 Å². The number of aryl methyl sites for hydroxylation is 1. The molecule has 5 heteroatoms. The van der Waals surface area contributed by atoms with Crippen molar-refractivity contribution < 1.29 is 18.1 Å². The number of hydrogen-bond acceptors (Lipinski definition) is 3. The monoisotopic (exact) mass is 398 g/mol. The molecule has 0 aliphatic carbocycles. The topological polar surface area (TPSA) is 74.6 Å². The SMILES string of the molecule is CCCCCCCCCCCCc1c(CC)cc(S(=O)(=O)O)c(O)c1CC. The van der Waals surface area contributed by atoms with Crippen LogP contribution in [0.4, 0.5) is 0 Å². The summed E-state index contributed by atoms with van der Waals surface area (Å²) in [6, 6.07) is 1.44. The van der Waals surface area contributed by atoms with Gasteiger partial charge in [0.15, 0.2) is 0 Å². The molecule has 0 spiro atoms. The van der Waals surface area contributed by atoms with Crippen LogP contribution in [0.5, 0.6) is 5.75 Å². The van der Waals surface area contributed by atoms with Crippen molar-refractivity contribution in [3.8, 4) is 5.75 Å². The molecule has 0 saturated heterocycles. The molecule has 4 nitrogen and oxygen atoms in total. The van der Waals surface area contributed by atoms with Gasteiger partial charge in [-0.1, -0.05) is 78.6 Å². The summed E-state index contributed by atoms with van der Waals surface area (Å²) in [5.74, 6) is -0.278. The minimum atomic E-state index is -4.41. The van der Waals surface area contributed by atoms with E-state index in [0.717, 1.165) is 30.4 Å². The van der Waals surface area contributed by atoms with Crippen molar-refractivity contribution in [2.75, 3.05) is 0 Å². The van der Waals surface area contributed by atoms with E-state index in [0.29, 0.717) is 18.4 Å². The Morgan fingerprint density at radius 3 is 1.74 bits per heavy atom. The van der Waals surface area contributed by atoms with Crippen LogP contribution in [-0.2, 0) is 29.4 Å². The van der Waals surface area contributed by atoms with Gasteiger partial charge >= 0.3 is 0 Å². The van der Waals surface area contributed by atoms with Gasteiger partial charge in [0.05, 0.1) is 0 Å². The first-order chi connectivity index (χ1) is 12.9. The average molecular weight is 399 g/mol. The van der Waals surface area contributed by atoms with Gasteiger partial charge in [0.25, 0.3) is 10.1 Å². The maximum Gasteiger partial charge on any atom is 0.298 e. The largest absolute Gasteiger partial charge is 0.506 e. The zero-order chi connectivity index (χ0) is 20.3. The zero-order valence-corrected chi connectivity index (χ0v) is 18.2. The predicted octanol–water partition coefficient (Wildman–Crippen LogP) is 6.23. The Kier molecular flexibility index (Phi) is 11.0. The van der Waals surface area contributed by atoms with Crippen LogP contribution in [0.25, 0.3) is 0 Å². The molecule has 0 saturated carbocycles. The summed E-state index contributed by atoms with van der Waals surface area (Å²) in [7, 11) is -4.41. The summed E-state index contributed by atoms with van der Waals surface area (Å²) in [5, 5.41) is 10.3. The van der Waals surface area contributed by atoms with Crippen LogP contribution in [-0.4, -0.2) is 18.1 Å². The van der Waals surface area contributed by atoms with Crippen LogP contribution in [0.15, 0.2) is 11.0 Å². The molecular formula is C22H38O4S. The Morgan fingerprint density at radius 2 is 1.30 bits per heavy atom. The van der Waals surface area contributed by atoms with Crippen LogP contribution in [0.3, 0.4) is 0 Å². The molecule has 0 atom stereocenters. The number of phenols is 1. The van der Waals surface area contributed by atoms with E-state index in [1.54, 1.807) is 0 Å². The van der Waals surface area contributed by atoms with E-state index in [-0.39, 0.29) is 10.6 Å². The molecule has 0 heterocycles. The Morgan fingerprint density at radius 1 is 0.778 bits per heavy atom. The second-order valence-corrected chi connectivity index (χ2v) is 8.84. The molecule has 27 heavy (non-hydrogen) atoms. The van der Waals surface area contributed by atoms with Gasteiger partial charge in [0.1, 0.15) is 10.6 Å². The van der Waals surface area contributed by atoms with Crippen molar-refractivity contribution in [3.63, 3.8) is 0 Å². The normalized spacial score (nSPS) is 11.9. The summed E-state index contributed by atoms with van der Waals surface area (Å²) >= 11 is 0. The first kappa shape index (κ1) is 24.0. The smallest absolute Gasteiger partial charge is 0.298 e. The lowest BCUT2D eigenvalue weighted by atomic mass is 9.92. The fourth-order valence-electron chi connectivity index (χ4n) is 3.79. The lowest BCUT2D eigenvalue weighted by Crippen LogP contribution is -2.07. The van der Waals surface area contributed by atoms with Gasteiger partial charge in [-0.2, -0.15) is 8.42 Å². The Hall–Kier alpha value is -1.07. The van der Waals surface area contributed by atoms with E-state index in [9.17, 15) is 18.1 Å². The number of rotatable bonds is 14. The fraction of sp³-hybridized carbons (Fsp3) is 0.727. The maximum atomic E-state index is 11.5. The number of unbranched alkanes of at least 4 members (excludes halogenated alkanes) is 9. The van der Waals surface area contributed by atoms with Crippen molar-refractivity contribution in [1.82, 2.24) is 0 Å². The molecule has 0 fully saturated rings. The van der Waals surface area contributed by atoms with E-state index < -0.39 is 10.1 Å². The molecule has 1 aromatic rings. The van der Waals surface area contributed by atoms with Crippen molar-refractivity contribution in [2.45, 2.75) is 109 Å². The molecule has 156 valence electrons.